The number of nitrogens with one attached hydrogen (secondary N) is 1. The molecule has 2 aromatic rings. The average molecular weight is 428 g/mol. The molecule has 7 nitrogen and oxygen atoms in total. The second-order valence-electron chi connectivity index (χ2n) is 8.22. The first-order valence-corrected chi connectivity index (χ1v) is 10.3. The molecule has 31 heavy (non-hydrogen) atoms. The third-order valence-electron chi connectivity index (χ3n) is 6.18. The summed E-state index contributed by atoms with van der Waals surface area (Å²) in [6.07, 6.45) is 1.19. The number of nitrogens with zero attached hydrogens (tertiary/aromatic N) is 1. The average Bonchev–Trinajstić information content (AvgIpc) is 2.98. The van der Waals surface area contributed by atoms with Crippen molar-refractivity contribution in [2.75, 3.05) is 19.8 Å². The van der Waals surface area contributed by atoms with Gasteiger partial charge in [0.25, 0.3) is 5.91 Å². The number of hydroxylamine groups is 1. The Labute approximate surface area is 179 Å². The molecule has 164 valence electrons. The summed E-state index contributed by atoms with van der Waals surface area (Å²) in [6.45, 7) is 3.19. The van der Waals surface area contributed by atoms with Crippen LogP contribution < -0.4 is 10.2 Å². The van der Waals surface area contributed by atoms with Crippen molar-refractivity contribution >= 4 is 11.8 Å². The van der Waals surface area contributed by atoms with E-state index in [1.807, 2.05) is 6.92 Å². The summed E-state index contributed by atoms with van der Waals surface area (Å²) < 4.78 is 26.1. The maximum absolute atomic E-state index is 14.7. The Balaban J connectivity index is 1.74. The number of hydrogen-bond acceptors (Lipinski definition) is 5. The lowest BCUT2D eigenvalue weighted by Crippen LogP contribution is -2.47. The van der Waals surface area contributed by atoms with E-state index < -0.39 is 23.2 Å². The summed E-state index contributed by atoms with van der Waals surface area (Å²) in [5.41, 5.74) is 2.30. The molecular formula is C23H25FN2O5. The molecule has 2 aliphatic heterocycles. The second kappa shape index (κ2) is 8.64. The quantitative estimate of drug-likeness (QED) is 0.579. The SMILES string of the molecule is CC1(C(=O)N2Cc3ccc(C(=O)NO)cc3OCC2c2ccccc2F)CCOCC1. The van der Waals surface area contributed by atoms with Gasteiger partial charge in [-0.05, 0) is 31.0 Å². The molecule has 1 saturated heterocycles. The van der Waals surface area contributed by atoms with Gasteiger partial charge < -0.3 is 14.4 Å². The van der Waals surface area contributed by atoms with Crippen LogP contribution in [0.1, 0.15) is 47.3 Å². The number of hydrogen-bond donors (Lipinski definition) is 2. The van der Waals surface area contributed by atoms with E-state index in [4.69, 9.17) is 14.7 Å². The zero-order valence-corrected chi connectivity index (χ0v) is 17.3. The third-order valence-corrected chi connectivity index (χ3v) is 6.18. The molecule has 2 aliphatic rings. The maximum atomic E-state index is 14.7. The molecule has 0 aliphatic carbocycles. The lowest BCUT2D eigenvalue weighted by molar-refractivity contribution is -0.150. The molecule has 0 bridgehead atoms. The van der Waals surface area contributed by atoms with Gasteiger partial charge in [0.05, 0.1) is 18.0 Å². The van der Waals surface area contributed by atoms with Crippen molar-refractivity contribution in [1.82, 2.24) is 10.4 Å². The first-order valence-electron chi connectivity index (χ1n) is 10.3. The molecule has 1 fully saturated rings. The van der Waals surface area contributed by atoms with Crippen molar-refractivity contribution in [2.45, 2.75) is 32.4 Å². The van der Waals surface area contributed by atoms with E-state index in [0.29, 0.717) is 42.9 Å². The van der Waals surface area contributed by atoms with Gasteiger partial charge in [0, 0.05) is 29.9 Å². The predicted molar refractivity (Wildman–Crippen MR) is 109 cm³/mol. The summed E-state index contributed by atoms with van der Waals surface area (Å²) in [5, 5.41) is 8.91. The summed E-state index contributed by atoms with van der Waals surface area (Å²) in [4.78, 5) is 27.2. The van der Waals surface area contributed by atoms with Crippen molar-refractivity contribution in [1.29, 1.82) is 0 Å². The Bertz CT molecular complexity index is 990. The molecule has 2 aromatic carbocycles. The molecule has 0 aromatic heterocycles. The number of benzene rings is 2. The number of carbonyl (C=O) groups excluding carboxylic acids is 2. The molecule has 2 heterocycles. The zero-order chi connectivity index (χ0) is 22.0. The monoisotopic (exact) mass is 428 g/mol. The van der Waals surface area contributed by atoms with Crippen LogP contribution in [-0.4, -0.2) is 41.7 Å². The van der Waals surface area contributed by atoms with Gasteiger partial charge in [-0.1, -0.05) is 31.2 Å². The fourth-order valence-electron chi connectivity index (χ4n) is 4.18. The van der Waals surface area contributed by atoms with E-state index in [1.54, 1.807) is 40.7 Å². The maximum Gasteiger partial charge on any atom is 0.274 e. The molecule has 2 N–H and O–H groups in total. The van der Waals surface area contributed by atoms with E-state index >= 15 is 0 Å². The number of halogens is 1. The van der Waals surface area contributed by atoms with Gasteiger partial charge in [-0.25, -0.2) is 9.87 Å². The fraction of sp³-hybridized carbons (Fsp3) is 0.391. The standard InChI is InChI=1S/C23H25FN2O5/c1-23(8-10-30-11-9-23)22(28)26-13-16-7-6-15(21(27)25-29)12-20(16)31-14-19(26)17-4-2-3-5-18(17)24/h2-7,12,19,29H,8-11,13-14H2,1H3,(H,25,27). The molecular weight excluding hydrogens is 403 g/mol. The highest BCUT2D eigenvalue weighted by Crippen LogP contribution is 2.39. The lowest BCUT2D eigenvalue weighted by atomic mass is 9.80. The van der Waals surface area contributed by atoms with Crippen LogP contribution in [0.2, 0.25) is 0 Å². The Hall–Kier alpha value is -2.97. The number of ether oxygens (including phenoxy) is 2. The highest BCUT2D eigenvalue weighted by atomic mass is 19.1. The molecule has 2 amide bonds. The summed E-state index contributed by atoms with van der Waals surface area (Å²) in [7, 11) is 0. The van der Waals surface area contributed by atoms with Gasteiger partial charge in [0.15, 0.2) is 0 Å². The van der Waals surface area contributed by atoms with E-state index in [0.717, 1.165) is 0 Å². The molecule has 0 saturated carbocycles. The Morgan fingerprint density at radius 2 is 1.94 bits per heavy atom. The van der Waals surface area contributed by atoms with Crippen LogP contribution in [0.5, 0.6) is 5.75 Å². The number of fused-ring (bicyclic) bond motifs is 1. The summed E-state index contributed by atoms with van der Waals surface area (Å²) in [6, 6.07) is 10.5. The van der Waals surface area contributed by atoms with Crippen molar-refractivity contribution in [3.05, 3.63) is 65.0 Å². The van der Waals surface area contributed by atoms with Gasteiger partial charge in [-0.3, -0.25) is 14.8 Å². The van der Waals surface area contributed by atoms with Crippen LogP contribution in [0.4, 0.5) is 4.39 Å². The van der Waals surface area contributed by atoms with Crippen molar-refractivity contribution in [3.8, 4) is 5.75 Å². The van der Waals surface area contributed by atoms with Gasteiger partial charge in [0.1, 0.15) is 18.2 Å². The topological polar surface area (TPSA) is 88.1 Å². The third kappa shape index (κ3) is 4.13. The van der Waals surface area contributed by atoms with Gasteiger partial charge in [-0.15, -0.1) is 0 Å². The van der Waals surface area contributed by atoms with E-state index in [9.17, 15) is 14.0 Å². The highest BCUT2D eigenvalue weighted by molar-refractivity contribution is 5.94. The van der Waals surface area contributed by atoms with Crippen LogP contribution in [0.15, 0.2) is 42.5 Å². The van der Waals surface area contributed by atoms with Crippen molar-refractivity contribution < 1.29 is 28.7 Å². The van der Waals surface area contributed by atoms with Gasteiger partial charge >= 0.3 is 0 Å². The van der Waals surface area contributed by atoms with Crippen molar-refractivity contribution in [2.24, 2.45) is 5.41 Å². The van der Waals surface area contributed by atoms with Crippen LogP contribution in [0.3, 0.4) is 0 Å². The van der Waals surface area contributed by atoms with E-state index in [2.05, 4.69) is 0 Å². The summed E-state index contributed by atoms with van der Waals surface area (Å²) in [5.74, 6) is -0.714. The minimum atomic E-state index is -0.663. The van der Waals surface area contributed by atoms with Crippen LogP contribution in [-0.2, 0) is 16.1 Å². The van der Waals surface area contributed by atoms with Crippen molar-refractivity contribution in [3.63, 3.8) is 0 Å². The first-order chi connectivity index (χ1) is 14.9. The molecule has 0 spiro atoms. The van der Waals surface area contributed by atoms with Crippen LogP contribution >= 0.6 is 0 Å². The zero-order valence-electron chi connectivity index (χ0n) is 17.3. The summed E-state index contributed by atoms with van der Waals surface area (Å²) >= 11 is 0. The number of carbonyl (C=O) groups is 2. The molecule has 4 rings (SSSR count). The minimum absolute atomic E-state index is 0.0381. The normalized spacial score (nSPS) is 20.2. The molecule has 8 heteroatoms. The highest BCUT2D eigenvalue weighted by Gasteiger charge is 2.42. The molecule has 1 atom stereocenters. The smallest absolute Gasteiger partial charge is 0.274 e. The van der Waals surface area contributed by atoms with Crippen LogP contribution in [0.25, 0.3) is 0 Å². The number of rotatable bonds is 3. The predicted octanol–water partition coefficient (Wildman–Crippen LogP) is 3.22. The first kappa shape index (κ1) is 21.3. The van der Waals surface area contributed by atoms with E-state index in [1.165, 1.54) is 12.1 Å². The Morgan fingerprint density at radius 3 is 2.65 bits per heavy atom. The second-order valence-corrected chi connectivity index (χ2v) is 8.22. The minimum Gasteiger partial charge on any atom is -0.491 e. The Kier molecular flexibility index (Phi) is 5.93. The fourth-order valence-corrected chi connectivity index (χ4v) is 4.18. The van der Waals surface area contributed by atoms with Gasteiger partial charge in [0.2, 0.25) is 5.91 Å². The molecule has 0 radical (unpaired) electrons. The largest absolute Gasteiger partial charge is 0.491 e. The number of amides is 2. The van der Waals surface area contributed by atoms with Crippen LogP contribution in [0, 0.1) is 11.2 Å². The van der Waals surface area contributed by atoms with E-state index in [-0.39, 0.29) is 24.6 Å². The van der Waals surface area contributed by atoms with Gasteiger partial charge in [-0.2, -0.15) is 0 Å². The molecule has 1 unspecified atom stereocenters. The lowest BCUT2D eigenvalue weighted by Gasteiger charge is -2.39. The Morgan fingerprint density at radius 1 is 1.19 bits per heavy atom.